The Kier molecular flexibility index (Phi) is 7.80. The third-order valence-electron chi connectivity index (χ3n) is 4.39. The van der Waals surface area contributed by atoms with E-state index >= 15 is 0 Å². The van der Waals surface area contributed by atoms with Crippen LogP contribution in [0.1, 0.15) is 49.4 Å². The maximum Gasteiger partial charge on any atom is 0.333 e. The fourth-order valence-electron chi connectivity index (χ4n) is 2.89. The third-order valence-corrected chi connectivity index (χ3v) is 4.39. The highest BCUT2D eigenvalue weighted by atomic mass is 16.5. The molecule has 0 aliphatic rings. The van der Waals surface area contributed by atoms with Gasteiger partial charge in [-0.1, -0.05) is 19.9 Å². The summed E-state index contributed by atoms with van der Waals surface area (Å²) in [6.45, 7) is 5.75. The smallest absolute Gasteiger partial charge is 0.333 e. The molecule has 1 amide bonds. The molecule has 0 heterocycles. The van der Waals surface area contributed by atoms with Gasteiger partial charge in [0.2, 0.25) is 0 Å². The molecule has 0 aliphatic carbocycles. The molecule has 160 valence electrons. The Morgan fingerprint density at radius 1 is 1.10 bits per heavy atom. The summed E-state index contributed by atoms with van der Waals surface area (Å²) in [5.41, 5.74) is 13.5. The van der Waals surface area contributed by atoms with Gasteiger partial charge in [0.05, 0.1) is 6.61 Å². The Labute approximate surface area is 176 Å². The highest BCUT2D eigenvalue weighted by molar-refractivity contribution is 5.95. The number of hydrogen-bond donors (Lipinski definition) is 4. The van der Waals surface area contributed by atoms with Gasteiger partial charge in [-0.25, -0.2) is 4.79 Å². The fourth-order valence-corrected chi connectivity index (χ4v) is 2.89. The molecule has 2 rings (SSSR count). The van der Waals surface area contributed by atoms with E-state index in [4.69, 9.17) is 26.4 Å². The molecule has 0 bridgehead atoms. The summed E-state index contributed by atoms with van der Waals surface area (Å²) in [5, 5.41) is 10.7. The van der Waals surface area contributed by atoms with Crippen molar-refractivity contribution in [1.82, 2.24) is 0 Å². The molecule has 0 saturated carbocycles. The van der Waals surface area contributed by atoms with Gasteiger partial charge in [-0.05, 0) is 60.4 Å². The Bertz CT molecular complexity index is 910. The van der Waals surface area contributed by atoms with Crippen molar-refractivity contribution in [3.8, 4) is 5.75 Å². The Morgan fingerprint density at radius 2 is 1.77 bits per heavy atom. The number of nitrogens with two attached hydrogens (primary N) is 2. The minimum atomic E-state index is -0.754. The number of hydrogen-bond acceptors (Lipinski definition) is 6. The summed E-state index contributed by atoms with van der Waals surface area (Å²) < 4.78 is 10.8. The van der Waals surface area contributed by atoms with Crippen LogP contribution >= 0.6 is 0 Å². The number of ether oxygens (including phenoxy) is 2. The third kappa shape index (κ3) is 5.97. The lowest BCUT2D eigenvalue weighted by Crippen LogP contribution is -2.24. The summed E-state index contributed by atoms with van der Waals surface area (Å²) in [6, 6.07) is 11.5. The molecule has 2 aromatic carbocycles. The van der Waals surface area contributed by atoms with Gasteiger partial charge in [-0.2, -0.15) is 0 Å². The van der Waals surface area contributed by atoms with Crippen molar-refractivity contribution in [3.05, 3.63) is 59.2 Å². The average Bonchev–Trinajstić information content (AvgIpc) is 2.70. The van der Waals surface area contributed by atoms with E-state index in [0.717, 1.165) is 5.56 Å². The van der Waals surface area contributed by atoms with Crippen molar-refractivity contribution in [2.75, 3.05) is 18.5 Å². The van der Waals surface area contributed by atoms with Crippen LogP contribution in [0.5, 0.6) is 5.75 Å². The second-order valence-electron chi connectivity index (χ2n) is 7.03. The highest BCUT2D eigenvalue weighted by Crippen LogP contribution is 2.31. The number of amidine groups is 1. The first kappa shape index (κ1) is 22.7. The normalized spacial score (nSPS) is 11.6. The predicted molar refractivity (Wildman–Crippen MR) is 116 cm³/mol. The van der Waals surface area contributed by atoms with Crippen LogP contribution in [0.3, 0.4) is 0 Å². The first-order valence-corrected chi connectivity index (χ1v) is 9.65. The van der Waals surface area contributed by atoms with Crippen LogP contribution < -0.4 is 21.5 Å². The second-order valence-corrected chi connectivity index (χ2v) is 7.03. The molecule has 0 radical (unpaired) electrons. The van der Waals surface area contributed by atoms with Crippen LogP contribution in [0.4, 0.5) is 5.69 Å². The number of anilines is 1. The second kappa shape index (κ2) is 10.3. The Balaban J connectivity index is 2.38. The van der Waals surface area contributed by atoms with E-state index in [1.165, 1.54) is 0 Å². The van der Waals surface area contributed by atoms with Crippen LogP contribution in [0.2, 0.25) is 0 Å². The van der Waals surface area contributed by atoms with Crippen molar-refractivity contribution in [3.63, 3.8) is 0 Å². The molecule has 2 aromatic rings. The lowest BCUT2D eigenvalue weighted by atomic mass is 9.96. The van der Waals surface area contributed by atoms with Crippen LogP contribution in [0.25, 0.3) is 0 Å². The van der Waals surface area contributed by atoms with Crippen LogP contribution in [-0.2, 0) is 14.3 Å². The van der Waals surface area contributed by atoms with E-state index in [0.29, 0.717) is 22.6 Å². The van der Waals surface area contributed by atoms with E-state index in [1.807, 2.05) is 19.9 Å². The molecule has 8 heteroatoms. The summed E-state index contributed by atoms with van der Waals surface area (Å²) in [4.78, 5) is 23.7. The van der Waals surface area contributed by atoms with Gasteiger partial charge in [0.15, 0.2) is 12.6 Å². The largest absolute Gasteiger partial charge is 0.483 e. The lowest BCUT2D eigenvalue weighted by Gasteiger charge is -2.21. The molecule has 6 N–H and O–H groups in total. The molecular weight excluding hydrogens is 384 g/mol. The van der Waals surface area contributed by atoms with Crippen LogP contribution in [-0.4, -0.2) is 30.9 Å². The maximum atomic E-state index is 12.7. The summed E-state index contributed by atoms with van der Waals surface area (Å²) in [6.07, 6.45) is 0. The molecule has 0 aromatic heterocycles. The van der Waals surface area contributed by atoms with Gasteiger partial charge in [-0.15, -0.1) is 0 Å². The number of nitrogens with one attached hydrogen (secondary N) is 2. The number of primary amides is 1. The monoisotopic (exact) mass is 412 g/mol. The molecule has 8 nitrogen and oxygen atoms in total. The van der Waals surface area contributed by atoms with Crippen LogP contribution in [0.15, 0.2) is 42.5 Å². The van der Waals surface area contributed by atoms with Crippen LogP contribution in [0, 0.1) is 5.41 Å². The molecule has 0 aliphatic heterocycles. The maximum absolute atomic E-state index is 12.7. The van der Waals surface area contributed by atoms with Gasteiger partial charge in [0, 0.05) is 11.3 Å². The van der Waals surface area contributed by atoms with Gasteiger partial charge >= 0.3 is 5.97 Å². The minimum Gasteiger partial charge on any atom is -0.483 e. The zero-order valence-corrected chi connectivity index (χ0v) is 17.4. The summed E-state index contributed by atoms with van der Waals surface area (Å²) in [7, 11) is 0. The van der Waals surface area contributed by atoms with E-state index in [9.17, 15) is 9.59 Å². The molecule has 0 saturated heterocycles. The molecular formula is C22H28N4O4. The number of esters is 1. The number of carbonyl (C=O) groups is 2. The van der Waals surface area contributed by atoms with E-state index in [-0.39, 0.29) is 25.0 Å². The fraction of sp³-hybridized carbons (Fsp3) is 0.318. The summed E-state index contributed by atoms with van der Waals surface area (Å²) in [5.74, 6) is -0.384. The number of amides is 1. The highest BCUT2D eigenvalue weighted by Gasteiger charge is 2.24. The number of benzene rings is 2. The zero-order chi connectivity index (χ0) is 22.3. The molecule has 1 unspecified atom stereocenters. The van der Waals surface area contributed by atoms with Crippen molar-refractivity contribution >= 4 is 23.4 Å². The van der Waals surface area contributed by atoms with Gasteiger partial charge < -0.3 is 26.3 Å². The Morgan fingerprint density at radius 3 is 2.30 bits per heavy atom. The van der Waals surface area contributed by atoms with Gasteiger partial charge in [0.1, 0.15) is 11.6 Å². The summed E-state index contributed by atoms with van der Waals surface area (Å²) >= 11 is 0. The molecule has 0 fully saturated rings. The first-order chi connectivity index (χ1) is 14.2. The van der Waals surface area contributed by atoms with Gasteiger partial charge in [-0.3, -0.25) is 10.2 Å². The minimum absolute atomic E-state index is 0.0309. The molecule has 1 atom stereocenters. The molecule has 0 spiro atoms. The van der Waals surface area contributed by atoms with Crippen molar-refractivity contribution in [1.29, 1.82) is 5.41 Å². The van der Waals surface area contributed by atoms with Gasteiger partial charge in [0.25, 0.3) is 5.91 Å². The SMILES string of the molecule is CCOC(=O)C(Nc1ccc(C(=N)N)cc1)c1ccc(OCC(N)=O)c(C(C)C)c1. The average molecular weight is 412 g/mol. The molecule has 30 heavy (non-hydrogen) atoms. The predicted octanol–water partition coefficient (Wildman–Crippen LogP) is 2.67. The number of carbonyl (C=O) groups excluding carboxylic acids is 2. The Hall–Kier alpha value is -3.55. The van der Waals surface area contributed by atoms with Crippen molar-refractivity contribution in [2.45, 2.75) is 32.7 Å². The zero-order valence-electron chi connectivity index (χ0n) is 17.4. The van der Waals surface area contributed by atoms with E-state index in [2.05, 4.69) is 5.32 Å². The van der Waals surface area contributed by atoms with E-state index < -0.39 is 17.9 Å². The van der Waals surface area contributed by atoms with Crippen molar-refractivity contribution in [2.24, 2.45) is 11.5 Å². The van der Waals surface area contributed by atoms with E-state index in [1.54, 1.807) is 43.3 Å². The topological polar surface area (TPSA) is 141 Å². The lowest BCUT2D eigenvalue weighted by molar-refractivity contribution is -0.144. The number of nitrogen functional groups attached to an aromatic ring is 1. The quantitative estimate of drug-likeness (QED) is 0.269. The van der Waals surface area contributed by atoms with Crippen molar-refractivity contribution < 1.29 is 19.1 Å². The standard InChI is InChI=1S/C22H28N4O4/c1-4-29-22(28)20(26-16-8-5-14(6-9-16)21(24)25)15-7-10-18(30-12-19(23)27)17(11-15)13(2)3/h5-11,13,20,26H,4,12H2,1-3H3,(H2,23,27)(H3,24,25). The first-order valence-electron chi connectivity index (χ1n) is 9.65. The number of rotatable bonds is 10.